The molecule has 7 heteroatoms. The lowest BCUT2D eigenvalue weighted by molar-refractivity contribution is 0.0368. The molecule has 0 saturated carbocycles. The summed E-state index contributed by atoms with van der Waals surface area (Å²) in [6.45, 7) is -0.113. The zero-order valence-corrected chi connectivity index (χ0v) is 7.58. The van der Waals surface area contributed by atoms with Crippen LogP contribution in [-0.2, 0) is 4.74 Å². The molecule has 0 aliphatic heterocycles. The number of ether oxygens (including phenoxy) is 1. The Labute approximate surface area is 84.6 Å². The van der Waals surface area contributed by atoms with E-state index >= 15 is 0 Å². The summed E-state index contributed by atoms with van der Waals surface area (Å²) in [5.74, 6) is -0.880. The van der Waals surface area contributed by atoms with Crippen molar-refractivity contribution >= 4 is 6.16 Å². The predicted octanol–water partition coefficient (Wildman–Crippen LogP) is 0.378. The second kappa shape index (κ2) is 4.76. The van der Waals surface area contributed by atoms with Crippen molar-refractivity contribution in [2.75, 3.05) is 6.61 Å². The Morgan fingerprint density at radius 1 is 1.47 bits per heavy atom. The third-order valence-electron chi connectivity index (χ3n) is 1.40. The highest BCUT2D eigenvalue weighted by atomic mass is 16.8. The van der Waals surface area contributed by atoms with Crippen LogP contribution in [0.2, 0.25) is 0 Å². The van der Waals surface area contributed by atoms with Gasteiger partial charge in [0.15, 0.2) is 0 Å². The van der Waals surface area contributed by atoms with Crippen molar-refractivity contribution in [3.8, 4) is 17.8 Å². The van der Waals surface area contributed by atoms with Crippen LogP contribution in [0.4, 0.5) is 4.79 Å². The minimum Gasteiger partial charge on any atom is -0.492 e. The van der Waals surface area contributed by atoms with Crippen molar-refractivity contribution in [3.63, 3.8) is 0 Å². The zero-order valence-electron chi connectivity index (χ0n) is 7.58. The molecule has 1 aromatic heterocycles. The van der Waals surface area contributed by atoms with Gasteiger partial charge in [0.1, 0.15) is 6.61 Å². The largest absolute Gasteiger partial charge is 0.534 e. The molecule has 0 spiro atoms. The van der Waals surface area contributed by atoms with E-state index < -0.39 is 17.9 Å². The van der Waals surface area contributed by atoms with Crippen LogP contribution in [0, 0.1) is 11.3 Å². The molecule has 0 fully saturated rings. The number of aromatic hydroxyl groups is 2. The quantitative estimate of drug-likeness (QED) is 0.554. The minimum absolute atomic E-state index is 0.0404. The molecule has 0 unspecified atom stereocenters. The van der Waals surface area contributed by atoms with Crippen molar-refractivity contribution in [1.82, 2.24) is 4.73 Å². The molecule has 0 aliphatic carbocycles. The summed E-state index contributed by atoms with van der Waals surface area (Å²) in [6.07, 6.45) is -1.08. The van der Waals surface area contributed by atoms with E-state index in [4.69, 9.17) is 15.5 Å². The van der Waals surface area contributed by atoms with Gasteiger partial charge in [-0.05, 0) is 0 Å². The molecule has 80 valence electrons. The van der Waals surface area contributed by atoms with E-state index in [1.54, 1.807) is 6.07 Å². The van der Waals surface area contributed by atoms with Crippen LogP contribution in [0.1, 0.15) is 6.42 Å². The fraction of sp³-hybridized carbons (Fsp3) is 0.250. The van der Waals surface area contributed by atoms with Gasteiger partial charge >= 0.3 is 6.16 Å². The standard InChI is InChI=1S/C8H8N2O5/c9-4-1-5-14-8(13)15-10-6(11)2-3-7(10)12/h2-3,11-12H,1,5H2. The van der Waals surface area contributed by atoms with Crippen LogP contribution in [0.25, 0.3) is 0 Å². The molecule has 0 aliphatic rings. The van der Waals surface area contributed by atoms with Gasteiger partial charge in [0.2, 0.25) is 11.8 Å². The van der Waals surface area contributed by atoms with E-state index in [1.807, 2.05) is 0 Å². The molecule has 15 heavy (non-hydrogen) atoms. The number of nitriles is 1. The van der Waals surface area contributed by atoms with Crippen LogP contribution in [-0.4, -0.2) is 27.7 Å². The fourth-order valence-electron chi connectivity index (χ4n) is 0.776. The smallest absolute Gasteiger partial charge is 0.492 e. The lowest BCUT2D eigenvalue weighted by Crippen LogP contribution is -2.20. The average Bonchev–Trinajstić information content (AvgIpc) is 2.50. The first kappa shape index (κ1) is 10.7. The van der Waals surface area contributed by atoms with Crippen molar-refractivity contribution in [1.29, 1.82) is 5.26 Å². The Morgan fingerprint density at radius 2 is 2.07 bits per heavy atom. The maximum absolute atomic E-state index is 10.9. The third kappa shape index (κ3) is 2.80. The van der Waals surface area contributed by atoms with Gasteiger partial charge in [-0.3, -0.25) is 4.84 Å². The molecule has 2 N–H and O–H groups in total. The monoisotopic (exact) mass is 212 g/mol. The molecule has 0 aromatic carbocycles. The minimum atomic E-state index is -1.12. The summed E-state index contributed by atoms with van der Waals surface area (Å²) in [5.41, 5.74) is 0. The molecule has 0 radical (unpaired) electrons. The summed E-state index contributed by atoms with van der Waals surface area (Å²) in [7, 11) is 0. The first-order valence-electron chi connectivity index (χ1n) is 3.97. The van der Waals surface area contributed by atoms with Crippen molar-refractivity contribution in [2.45, 2.75) is 6.42 Å². The Kier molecular flexibility index (Phi) is 3.40. The lowest BCUT2D eigenvalue weighted by Gasteiger charge is -2.05. The summed E-state index contributed by atoms with van der Waals surface area (Å²) in [6, 6.07) is 4.04. The summed E-state index contributed by atoms with van der Waals surface area (Å²) >= 11 is 0. The van der Waals surface area contributed by atoms with E-state index in [1.165, 1.54) is 0 Å². The topological polar surface area (TPSA) is 105 Å². The highest BCUT2D eigenvalue weighted by Crippen LogP contribution is 2.18. The Balaban J connectivity index is 2.48. The van der Waals surface area contributed by atoms with Gasteiger partial charge in [0.25, 0.3) is 0 Å². The van der Waals surface area contributed by atoms with Crippen molar-refractivity contribution in [3.05, 3.63) is 12.1 Å². The van der Waals surface area contributed by atoms with Gasteiger partial charge in [-0.1, -0.05) is 0 Å². The number of rotatable bonds is 3. The van der Waals surface area contributed by atoms with Crippen LogP contribution in [0.5, 0.6) is 11.8 Å². The average molecular weight is 212 g/mol. The van der Waals surface area contributed by atoms with E-state index in [0.717, 1.165) is 12.1 Å². The predicted molar refractivity (Wildman–Crippen MR) is 45.9 cm³/mol. The summed E-state index contributed by atoms with van der Waals surface area (Å²) in [4.78, 5) is 15.3. The molecular formula is C8H8N2O5. The SMILES string of the molecule is N#CCCOC(=O)On1c(O)ccc1O. The zero-order chi connectivity index (χ0) is 11.3. The van der Waals surface area contributed by atoms with Crippen LogP contribution < -0.4 is 4.84 Å². The molecular weight excluding hydrogens is 204 g/mol. The molecule has 1 rings (SSSR count). The van der Waals surface area contributed by atoms with Gasteiger partial charge in [-0.15, -0.1) is 4.73 Å². The third-order valence-corrected chi connectivity index (χ3v) is 1.40. The molecule has 1 heterocycles. The van der Waals surface area contributed by atoms with Crippen molar-refractivity contribution in [2.24, 2.45) is 0 Å². The summed E-state index contributed by atoms with van der Waals surface area (Å²) < 4.78 is 4.93. The van der Waals surface area contributed by atoms with E-state index in [-0.39, 0.29) is 13.0 Å². The van der Waals surface area contributed by atoms with Crippen molar-refractivity contribution < 1.29 is 24.6 Å². The molecule has 0 bridgehead atoms. The van der Waals surface area contributed by atoms with E-state index in [2.05, 4.69) is 9.57 Å². The Hall–Kier alpha value is -2.36. The maximum atomic E-state index is 10.9. The fourth-order valence-corrected chi connectivity index (χ4v) is 0.776. The maximum Gasteiger partial charge on any atom is 0.534 e. The molecule has 0 amide bonds. The van der Waals surface area contributed by atoms with Crippen LogP contribution in [0.3, 0.4) is 0 Å². The van der Waals surface area contributed by atoms with E-state index in [0.29, 0.717) is 4.73 Å². The highest BCUT2D eigenvalue weighted by molar-refractivity contribution is 5.60. The van der Waals surface area contributed by atoms with Gasteiger partial charge in [0, 0.05) is 12.1 Å². The van der Waals surface area contributed by atoms with Crippen LogP contribution in [0.15, 0.2) is 12.1 Å². The second-order valence-electron chi connectivity index (χ2n) is 2.44. The number of carbonyl (C=O) groups is 1. The molecule has 7 nitrogen and oxygen atoms in total. The van der Waals surface area contributed by atoms with Gasteiger partial charge in [0.05, 0.1) is 12.5 Å². The number of aromatic nitrogens is 1. The number of carbonyl (C=O) groups excluding carboxylic acids is 1. The summed E-state index contributed by atoms with van der Waals surface area (Å²) in [5, 5.41) is 26.3. The highest BCUT2D eigenvalue weighted by Gasteiger charge is 2.12. The Bertz CT molecular complexity index is 373. The van der Waals surface area contributed by atoms with Gasteiger partial charge in [-0.25, -0.2) is 4.79 Å². The first-order valence-corrected chi connectivity index (χ1v) is 3.97. The van der Waals surface area contributed by atoms with Gasteiger partial charge in [-0.2, -0.15) is 5.26 Å². The van der Waals surface area contributed by atoms with Gasteiger partial charge < -0.3 is 14.9 Å². The Morgan fingerprint density at radius 3 is 2.60 bits per heavy atom. The number of hydrogen-bond acceptors (Lipinski definition) is 6. The number of hydrogen-bond donors (Lipinski definition) is 2. The normalized spacial score (nSPS) is 9.27. The second-order valence-corrected chi connectivity index (χ2v) is 2.44. The number of nitrogens with zero attached hydrogens (tertiary/aromatic N) is 2. The first-order chi connectivity index (χ1) is 7.15. The van der Waals surface area contributed by atoms with Crippen LogP contribution >= 0.6 is 0 Å². The molecule has 1 aromatic rings. The molecule has 0 saturated heterocycles. The molecule has 0 atom stereocenters. The lowest BCUT2D eigenvalue weighted by atomic mass is 10.5. The van der Waals surface area contributed by atoms with E-state index in [9.17, 15) is 4.79 Å².